The van der Waals surface area contributed by atoms with Crippen LogP contribution < -0.4 is 37.3 Å². The predicted octanol–water partition coefficient (Wildman–Crippen LogP) is 25.8. The van der Waals surface area contributed by atoms with Crippen molar-refractivity contribution < 1.29 is 53.6 Å². The van der Waals surface area contributed by atoms with Crippen LogP contribution in [0.15, 0.2) is 415 Å². The van der Waals surface area contributed by atoms with E-state index in [1.165, 1.54) is 87.4 Å². The van der Waals surface area contributed by atoms with Crippen LogP contribution in [-0.2, 0) is 4.79 Å². The van der Waals surface area contributed by atoms with Crippen LogP contribution in [0.4, 0.5) is 17.6 Å². The Morgan fingerprint density at radius 3 is 0.853 bits per heavy atom. The number of ether oxygens (including phenoxy) is 1. The first-order chi connectivity index (χ1) is 66.2. The molecular weight excluding hydrogens is 1780 g/mol. The van der Waals surface area contributed by atoms with Crippen molar-refractivity contribution in [3.8, 4) is 73.3 Å². The van der Waals surface area contributed by atoms with E-state index >= 15 is 0 Å². The zero-order valence-corrected chi connectivity index (χ0v) is 72.2. The molecule has 0 saturated carbocycles. The molecule has 658 valence electrons. The summed E-state index contributed by atoms with van der Waals surface area (Å²) in [5.41, 5.74) is 6.15. The Labute approximate surface area is 773 Å². The Bertz CT molecular complexity index is 8940. The van der Waals surface area contributed by atoms with Crippen molar-refractivity contribution in [2.24, 2.45) is 0 Å². The molecule has 20 nitrogen and oxygen atoms in total. The van der Waals surface area contributed by atoms with E-state index in [2.05, 4.69) is 29.9 Å². The third-order valence-electron chi connectivity index (χ3n) is 22.4. The van der Waals surface area contributed by atoms with E-state index < -0.39 is 29.2 Å². The molecule has 26 heteroatoms. The van der Waals surface area contributed by atoms with Crippen LogP contribution in [0.25, 0.3) is 198 Å². The molecule has 136 heavy (non-hydrogen) atoms. The van der Waals surface area contributed by atoms with Crippen molar-refractivity contribution in [2.75, 3.05) is 0 Å². The molecule has 0 aliphatic heterocycles. The molecule has 0 spiro atoms. The highest BCUT2D eigenvalue weighted by Gasteiger charge is 2.22. The molecule has 0 bridgehead atoms. The molecule has 12 aromatic carbocycles. The lowest BCUT2D eigenvalue weighted by Gasteiger charge is -2.06. The first-order valence-corrected chi connectivity index (χ1v) is 42.5. The van der Waals surface area contributed by atoms with Gasteiger partial charge in [-0.2, -0.15) is 0 Å². The molecule has 24 rings (SSSR count). The first kappa shape index (κ1) is 87.5. The smallest absolute Gasteiger partial charge is 0.308 e. The summed E-state index contributed by atoms with van der Waals surface area (Å²) < 4.78 is 91.4. The van der Waals surface area contributed by atoms with Crippen molar-refractivity contribution in [3.05, 3.63) is 455 Å². The SMILES string of the molecule is CC(=O)Oc1ccc(-c2coc3ccc4ccccc4c3c2=O)nc1.O=c1c(-c2cc(Cl)ccn2)coc2ccc3ccccc3c12.O=c1c(-c2cc(F)c(F)cn2)coc2ccc3ccccc3c12.O=c1c(-c2cc(F)ccn2)coc2ccc3ccccc3c12.O=c1c(-c2ccc(Cl)cn2)coc2ccc3ccccc3c12.O=c1c(-c2ccc(F)cn2)coc2ccc3ccccc3c12. The minimum Gasteiger partial charge on any atom is -0.463 e. The molecule has 0 amide bonds. The van der Waals surface area contributed by atoms with Crippen molar-refractivity contribution in [3.63, 3.8) is 0 Å². The molecule has 0 atom stereocenters. The Balaban J connectivity index is 0.000000105. The van der Waals surface area contributed by atoms with E-state index in [4.69, 9.17) is 54.4 Å². The van der Waals surface area contributed by atoms with Gasteiger partial charge in [0.2, 0.25) is 32.6 Å². The van der Waals surface area contributed by atoms with Crippen LogP contribution in [0.3, 0.4) is 0 Å². The summed E-state index contributed by atoms with van der Waals surface area (Å²) in [5.74, 6) is -3.11. The number of rotatable bonds is 7. The number of hydrogen-bond acceptors (Lipinski definition) is 20. The van der Waals surface area contributed by atoms with Crippen LogP contribution in [0.2, 0.25) is 10.0 Å². The van der Waals surface area contributed by atoms with Gasteiger partial charge in [-0.15, -0.1) is 0 Å². The molecule has 0 aliphatic carbocycles. The maximum Gasteiger partial charge on any atom is 0.308 e. The second kappa shape index (κ2) is 37.9. The van der Waals surface area contributed by atoms with Gasteiger partial charge < -0.3 is 31.2 Å². The zero-order valence-electron chi connectivity index (χ0n) is 70.7. The Hall–Kier alpha value is -17.9. The number of hydrogen-bond donors (Lipinski definition) is 0. The summed E-state index contributed by atoms with van der Waals surface area (Å²) in [4.78, 5) is 113. The number of carbonyl (C=O) groups excluding carboxylic acids is 1. The third-order valence-corrected chi connectivity index (χ3v) is 22.8. The largest absolute Gasteiger partial charge is 0.463 e. The Morgan fingerprint density at radius 1 is 0.265 bits per heavy atom. The molecule has 0 saturated heterocycles. The maximum atomic E-state index is 13.4. The number of fused-ring (bicyclic) bond motifs is 18. The van der Waals surface area contributed by atoms with Crippen molar-refractivity contribution in [2.45, 2.75) is 6.92 Å². The van der Waals surface area contributed by atoms with Gasteiger partial charge in [-0.25, -0.2) is 17.6 Å². The lowest BCUT2D eigenvalue weighted by Crippen LogP contribution is -2.07. The van der Waals surface area contributed by atoms with Gasteiger partial charge in [0.15, 0.2) is 11.6 Å². The van der Waals surface area contributed by atoms with Gasteiger partial charge in [-0.05, 0) is 156 Å². The number of halogens is 6. The lowest BCUT2D eigenvalue weighted by atomic mass is 10.0. The van der Waals surface area contributed by atoms with E-state index in [0.717, 1.165) is 83.1 Å². The van der Waals surface area contributed by atoms with Gasteiger partial charge in [-0.1, -0.05) is 205 Å². The van der Waals surface area contributed by atoms with E-state index in [1.54, 1.807) is 66.9 Å². The number of nitrogens with zero attached hydrogens (tertiary/aromatic N) is 6. The second-order valence-electron chi connectivity index (χ2n) is 30.7. The quantitative estimate of drug-likeness (QED) is 0.0814. The summed E-state index contributed by atoms with van der Waals surface area (Å²) in [6.07, 6.45) is 15.9. The molecule has 24 aromatic rings. The molecule has 0 unspecified atom stereocenters. The normalized spacial score (nSPS) is 11.1. The molecule has 12 heterocycles. The molecule has 0 aliphatic rings. The average molecular weight is 1840 g/mol. The maximum absolute atomic E-state index is 13.4. The van der Waals surface area contributed by atoms with Gasteiger partial charge in [0.1, 0.15) is 88.5 Å². The summed E-state index contributed by atoms with van der Waals surface area (Å²) in [6.45, 7) is 1.32. The number of aromatic nitrogens is 6. The van der Waals surface area contributed by atoms with E-state index in [9.17, 15) is 51.1 Å². The van der Waals surface area contributed by atoms with Crippen LogP contribution >= 0.6 is 23.2 Å². The Kier molecular flexibility index (Phi) is 24.4. The van der Waals surface area contributed by atoms with Gasteiger partial charge >= 0.3 is 5.97 Å². The van der Waals surface area contributed by atoms with Gasteiger partial charge in [0, 0.05) is 42.7 Å². The molecular formula is C110H62Cl2F4N6O14. The van der Waals surface area contributed by atoms with Crippen LogP contribution in [0.1, 0.15) is 6.92 Å². The fourth-order valence-corrected chi connectivity index (χ4v) is 16.2. The highest BCUT2D eigenvalue weighted by Crippen LogP contribution is 2.35. The zero-order chi connectivity index (χ0) is 93.8. The highest BCUT2D eigenvalue weighted by molar-refractivity contribution is 6.31. The Morgan fingerprint density at radius 2 is 0.559 bits per heavy atom. The third kappa shape index (κ3) is 17.7. The summed E-state index contributed by atoms with van der Waals surface area (Å²) >= 11 is 11.8. The number of carbonyl (C=O) groups is 1. The highest BCUT2D eigenvalue weighted by atomic mass is 35.5. The summed E-state index contributed by atoms with van der Waals surface area (Å²) in [5, 5.41) is 14.9. The first-order valence-electron chi connectivity index (χ1n) is 41.8. The average Bonchev–Trinajstić information content (AvgIpc) is 0.787. The van der Waals surface area contributed by atoms with Gasteiger partial charge in [0.25, 0.3) is 0 Å². The van der Waals surface area contributed by atoms with Crippen LogP contribution in [0.5, 0.6) is 5.75 Å². The summed E-state index contributed by atoms with van der Waals surface area (Å²) in [7, 11) is 0. The fourth-order valence-electron chi connectivity index (χ4n) is 15.9. The fraction of sp³-hybridized carbons (Fsp3) is 0.00909. The molecule has 0 radical (unpaired) electrons. The van der Waals surface area contributed by atoms with E-state index in [0.29, 0.717) is 127 Å². The van der Waals surface area contributed by atoms with Crippen molar-refractivity contribution >= 4 is 160 Å². The lowest BCUT2D eigenvalue weighted by molar-refractivity contribution is -0.131. The van der Waals surface area contributed by atoms with E-state index in [-0.39, 0.29) is 55.1 Å². The molecule has 12 aromatic heterocycles. The number of pyridine rings is 6. The van der Waals surface area contributed by atoms with Crippen LogP contribution in [-0.4, -0.2) is 35.9 Å². The summed E-state index contributed by atoms with van der Waals surface area (Å²) in [6, 6.07) is 84.0. The predicted molar refractivity (Wildman–Crippen MR) is 520 cm³/mol. The second-order valence-corrected chi connectivity index (χ2v) is 31.6. The van der Waals surface area contributed by atoms with Gasteiger partial charge in [-0.3, -0.25) is 63.5 Å². The van der Waals surface area contributed by atoms with Crippen molar-refractivity contribution in [1.29, 1.82) is 0 Å². The standard InChI is InChI=1S/C20H13NO4.2C18H10ClNO2.C18H9F2NO2.2C18H10FNO2/c1-12(22)25-14-7-8-17(21-10-14)16-11-24-18-9-6-13-4-2-3-5-15(13)19(18)20(16)23;19-12-6-7-15(20-9-12)14-10-22-16-8-5-11-3-1-2-4-13(11)17(16)18(14)21;19-12-7-8-20-15(9-12)14-10-22-16-6-5-11-3-1-2-4-13(11)17(16)18(14)21;19-13-7-15(21-8-14(13)20)12-9-23-16-6-5-10-3-1-2-4-11(10)17(16)18(12)22;19-12-6-7-15(20-9-12)14-10-22-16-8-5-11-3-1-2-4-13(11)17(16)18(14)21;19-12-7-8-20-15(9-12)14-10-22-16-6-5-11-3-1-2-4-13(11)17(16)18(14)21/h2-11H,1H3;2*1-10H;1-9H;2*1-10H. The van der Waals surface area contributed by atoms with Crippen LogP contribution in [0, 0.1) is 23.3 Å². The van der Waals surface area contributed by atoms with Gasteiger partial charge in [0.05, 0.1) is 123 Å². The molecule has 0 fully saturated rings. The number of esters is 1. The minimum absolute atomic E-state index is 0.0347. The topological polar surface area (TPSA) is 285 Å². The van der Waals surface area contributed by atoms with E-state index in [1.807, 2.05) is 194 Å². The molecule has 0 N–H and O–H groups in total. The van der Waals surface area contributed by atoms with Crippen molar-refractivity contribution in [1.82, 2.24) is 29.9 Å². The number of benzene rings is 12. The monoisotopic (exact) mass is 1840 g/mol. The minimum atomic E-state index is -1.07.